The number of carbonyl (C=O) groups excluding carboxylic acids is 1. The average Bonchev–Trinajstić information content (AvgIpc) is 2.24. The predicted octanol–water partition coefficient (Wildman–Crippen LogP) is 1.24. The Balaban J connectivity index is 2.83. The molecule has 0 spiro atoms. The molecule has 0 heterocycles. The normalized spacial score (nSPS) is 30.9. The molecule has 1 saturated carbocycles. The summed E-state index contributed by atoms with van der Waals surface area (Å²) in [5.41, 5.74) is 5.75. The van der Waals surface area contributed by atoms with Crippen LogP contribution in [0.1, 0.15) is 47.0 Å². The Morgan fingerprint density at radius 2 is 1.95 bits per heavy atom. The highest BCUT2D eigenvalue weighted by atomic mass is 32.2. The van der Waals surface area contributed by atoms with Crippen molar-refractivity contribution in [3.8, 4) is 0 Å². The molecule has 1 amide bonds. The van der Waals surface area contributed by atoms with Crippen LogP contribution in [0.2, 0.25) is 0 Å². The molecule has 5 nitrogen and oxygen atoms in total. The molecular formula is C13H26N2O3S. The molecule has 0 aliphatic heterocycles. The third-order valence-electron chi connectivity index (χ3n) is 4.55. The van der Waals surface area contributed by atoms with Crippen molar-refractivity contribution in [1.82, 2.24) is 4.72 Å². The molecule has 1 rings (SSSR count). The van der Waals surface area contributed by atoms with Gasteiger partial charge in [0.15, 0.2) is 0 Å². The van der Waals surface area contributed by atoms with E-state index in [9.17, 15) is 13.2 Å². The number of carbonyl (C=O) groups is 1. The van der Waals surface area contributed by atoms with Gasteiger partial charge in [-0.3, -0.25) is 9.52 Å². The molecule has 1 aliphatic carbocycles. The molecule has 1 aliphatic rings. The van der Waals surface area contributed by atoms with Gasteiger partial charge >= 0.3 is 0 Å². The highest BCUT2D eigenvalue weighted by molar-refractivity contribution is 7.90. The van der Waals surface area contributed by atoms with Gasteiger partial charge in [0.05, 0.1) is 5.75 Å². The minimum Gasteiger partial charge on any atom is -0.327 e. The Kier molecular flexibility index (Phi) is 5.01. The number of nitrogens with one attached hydrogen (secondary N) is 1. The molecular weight excluding hydrogens is 264 g/mol. The summed E-state index contributed by atoms with van der Waals surface area (Å²) < 4.78 is 25.6. The van der Waals surface area contributed by atoms with E-state index in [2.05, 4.69) is 4.72 Å². The molecule has 0 saturated heterocycles. The lowest BCUT2D eigenvalue weighted by molar-refractivity contribution is -0.130. The maximum absolute atomic E-state index is 12.2. The van der Waals surface area contributed by atoms with Crippen molar-refractivity contribution in [3.05, 3.63) is 0 Å². The van der Waals surface area contributed by atoms with Crippen LogP contribution >= 0.6 is 0 Å². The van der Waals surface area contributed by atoms with Gasteiger partial charge < -0.3 is 5.73 Å². The van der Waals surface area contributed by atoms with Gasteiger partial charge in [0.25, 0.3) is 0 Å². The van der Waals surface area contributed by atoms with Crippen molar-refractivity contribution in [3.63, 3.8) is 0 Å². The summed E-state index contributed by atoms with van der Waals surface area (Å²) in [6.07, 6.45) is 1.90. The van der Waals surface area contributed by atoms with Crippen LogP contribution in [0.3, 0.4) is 0 Å². The summed E-state index contributed by atoms with van der Waals surface area (Å²) in [6, 6.07) is 0.0753. The molecule has 0 aromatic carbocycles. The Bertz CT molecular complexity index is 431. The highest BCUT2D eigenvalue weighted by Gasteiger charge is 2.45. The summed E-state index contributed by atoms with van der Waals surface area (Å²) in [6.45, 7) is 7.79. The molecule has 112 valence electrons. The van der Waals surface area contributed by atoms with Crippen molar-refractivity contribution in [2.24, 2.45) is 23.0 Å². The maximum atomic E-state index is 12.2. The quantitative estimate of drug-likeness (QED) is 0.815. The van der Waals surface area contributed by atoms with Crippen molar-refractivity contribution < 1.29 is 13.2 Å². The first-order chi connectivity index (χ1) is 8.62. The van der Waals surface area contributed by atoms with Crippen LogP contribution in [0.5, 0.6) is 0 Å². The van der Waals surface area contributed by atoms with Crippen molar-refractivity contribution in [1.29, 1.82) is 0 Å². The van der Waals surface area contributed by atoms with Crippen molar-refractivity contribution in [2.75, 3.05) is 5.75 Å². The summed E-state index contributed by atoms with van der Waals surface area (Å²) in [4.78, 5) is 12.2. The smallest absolute Gasteiger partial charge is 0.237 e. The molecule has 0 radical (unpaired) electrons. The van der Waals surface area contributed by atoms with E-state index in [1.807, 2.05) is 20.8 Å². The number of nitrogens with two attached hydrogens (primary N) is 1. The zero-order chi connectivity index (χ0) is 14.8. The monoisotopic (exact) mass is 290 g/mol. The fourth-order valence-corrected chi connectivity index (χ4v) is 3.95. The highest BCUT2D eigenvalue weighted by Crippen LogP contribution is 2.44. The van der Waals surface area contributed by atoms with Crippen LogP contribution in [0.4, 0.5) is 0 Å². The number of sulfonamides is 1. The molecule has 0 aromatic heterocycles. The van der Waals surface area contributed by atoms with Gasteiger partial charge in [-0.05, 0) is 30.6 Å². The second-order valence-corrected chi connectivity index (χ2v) is 8.03. The van der Waals surface area contributed by atoms with Gasteiger partial charge in [-0.15, -0.1) is 0 Å². The fourth-order valence-electron chi connectivity index (χ4n) is 2.86. The van der Waals surface area contributed by atoms with Gasteiger partial charge in [0, 0.05) is 12.0 Å². The van der Waals surface area contributed by atoms with E-state index < -0.39 is 10.0 Å². The van der Waals surface area contributed by atoms with Crippen LogP contribution in [0.25, 0.3) is 0 Å². The summed E-state index contributed by atoms with van der Waals surface area (Å²) in [5, 5.41) is 0. The molecule has 6 heteroatoms. The summed E-state index contributed by atoms with van der Waals surface area (Å²) in [7, 11) is -3.49. The van der Waals surface area contributed by atoms with E-state index >= 15 is 0 Å². The third-order valence-corrected chi connectivity index (χ3v) is 6.01. The Morgan fingerprint density at radius 3 is 2.47 bits per heavy atom. The van der Waals surface area contributed by atoms with Crippen LogP contribution in [-0.4, -0.2) is 26.1 Å². The Labute approximate surface area is 116 Å². The van der Waals surface area contributed by atoms with Gasteiger partial charge in [-0.2, -0.15) is 0 Å². The third kappa shape index (κ3) is 3.69. The lowest BCUT2D eigenvalue weighted by atomic mass is 9.61. The number of hydrogen-bond acceptors (Lipinski definition) is 4. The zero-order valence-electron chi connectivity index (χ0n) is 12.3. The van der Waals surface area contributed by atoms with Gasteiger partial charge in [0.2, 0.25) is 15.9 Å². The van der Waals surface area contributed by atoms with Gasteiger partial charge in [-0.1, -0.05) is 27.7 Å². The summed E-state index contributed by atoms with van der Waals surface area (Å²) in [5.74, 6) is -0.502. The molecule has 19 heavy (non-hydrogen) atoms. The van der Waals surface area contributed by atoms with E-state index in [4.69, 9.17) is 5.73 Å². The molecule has 3 atom stereocenters. The first-order valence-corrected chi connectivity index (χ1v) is 8.57. The SMILES string of the molecule is CCCS(=O)(=O)NC(=O)C1CCC(N)C(C)C1(C)C. The van der Waals surface area contributed by atoms with Gasteiger partial charge in [0.1, 0.15) is 0 Å². The first kappa shape index (κ1) is 16.4. The minimum atomic E-state index is -3.49. The lowest BCUT2D eigenvalue weighted by Gasteiger charge is -2.45. The molecule has 1 fully saturated rings. The number of amides is 1. The van der Waals surface area contributed by atoms with Gasteiger partial charge in [-0.25, -0.2) is 8.42 Å². The Morgan fingerprint density at radius 1 is 1.37 bits per heavy atom. The second kappa shape index (κ2) is 5.79. The second-order valence-electron chi connectivity index (χ2n) is 6.19. The predicted molar refractivity (Wildman–Crippen MR) is 75.9 cm³/mol. The van der Waals surface area contributed by atoms with E-state index in [-0.39, 0.29) is 35.0 Å². The fraction of sp³-hybridized carbons (Fsp3) is 0.923. The number of rotatable bonds is 4. The minimum absolute atomic E-state index is 0.0129. The number of hydrogen-bond donors (Lipinski definition) is 2. The van der Waals surface area contributed by atoms with E-state index in [0.29, 0.717) is 12.8 Å². The van der Waals surface area contributed by atoms with E-state index in [1.165, 1.54) is 0 Å². The summed E-state index contributed by atoms with van der Waals surface area (Å²) >= 11 is 0. The van der Waals surface area contributed by atoms with Crippen LogP contribution in [0.15, 0.2) is 0 Å². The van der Waals surface area contributed by atoms with Crippen LogP contribution < -0.4 is 10.5 Å². The Hall–Kier alpha value is -0.620. The van der Waals surface area contributed by atoms with E-state index in [1.54, 1.807) is 6.92 Å². The molecule has 0 aromatic rings. The van der Waals surface area contributed by atoms with E-state index in [0.717, 1.165) is 6.42 Å². The standard InChI is InChI=1S/C13H26N2O3S/c1-5-8-19(17,18)15-12(16)10-6-7-11(14)9(2)13(10,3)4/h9-11H,5-8,14H2,1-4H3,(H,15,16). The molecule has 0 bridgehead atoms. The van der Waals surface area contributed by atoms with Crippen molar-refractivity contribution in [2.45, 2.75) is 53.0 Å². The van der Waals surface area contributed by atoms with Crippen LogP contribution in [-0.2, 0) is 14.8 Å². The maximum Gasteiger partial charge on any atom is 0.237 e. The molecule has 3 unspecified atom stereocenters. The average molecular weight is 290 g/mol. The lowest BCUT2D eigenvalue weighted by Crippen LogP contribution is -2.52. The molecule has 3 N–H and O–H groups in total. The van der Waals surface area contributed by atoms with Crippen LogP contribution in [0, 0.1) is 17.3 Å². The zero-order valence-corrected chi connectivity index (χ0v) is 13.1. The van der Waals surface area contributed by atoms with Crippen molar-refractivity contribution >= 4 is 15.9 Å². The first-order valence-electron chi connectivity index (χ1n) is 6.91. The largest absolute Gasteiger partial charge is 0.327 e. The topological polar surface area (TPSA) is 89.3 Å².